The molecule has 1 aliphatic carbocycles. The van der Waals surface area contributed by atoms with Crippen molar-refractivity contribution >= 4 is 17.1 Å². The maximum atomic E-state index is 12.0. The molecule has 0 radical (unpaired) electrons. The van der Waals surface area contributed by atoms with Crippen molar-refractivity contribution < 1.29 is 4.79 Å². The second kappa shape index (κ2) is 5.76. The minimum absolute atomic E-state index is 0.341. The van der Waals surface area contributed by atoms with Gasteiger partial charge in [-0.3, -0.25) is 9.69 Å². The molecule has 0 spiro atoms. The van der Waals surface area contributed by atoms with Crippen molar-refractivity contribution in [2.45, 2.75) is 58.0 Å². The molecule has 2 nitrogen and oxygen atoms in total. The van der Waals surface area contributed by atoms with E-state index >= 15 is 0 Å². The lowest BCUT2D eigenvalue weighted by Gasteiger charge is -2.28. The van der Waals surface area contributed by atoms with Gasteiger partial charge in [0.15, 0.2) is 0 Å². The summed E-state index contributed by atoms with van der Waals surface area (Å²) < 4.78 is 0. The van der Waals surface area contributed by atoms with Crippen molar-refractivity contribution in [1.29, 1.82) is 0 Å². The predicted molar refractivity (Wildman–Crippen MR) is 79.5 cm³/mol. The lowest BCUT2D eigenvalue weighted by Crippen LogP contribution is -2.36. The Morgan fingerprint density at radius 3 is 2.79 bits per heavy atom. The van der Waals surface area contributed by atoms with Gasteiger partial charge < -0.3 is 0 Å². The van der Waals surface area contributed by atoms with Crippen LogP contribution < -0.4 is 0 Å². The van der Waals surface area contributed by atoms with E-state index in [4.69, 9.17) is 0 Å². The maximum absolute atomic E-state index is 12.0. The Kier molecular flexibility index (Phi) is 4.04. The average molecular weight is 277 g/mol. The predicted octanol–water partition coefficient (Wildman–Crippen LogP) is 3.64. The second-order valence-electron chi connectivity index (χ2n) is 5.87. The number of Topliss-reactive ketones (excluding diaryl/α,β-unsaturated/α-hetero) is 1. The fraction of sp³-hybridized carbons (Fsp3) is 0.688. The Labute approximate surface area is 119 Å². The molecule has 3 rings (SSSR count). The van der Waals surface area contributed by atoms with Gasteiger partial charge in [-0.05, 0) is 50.8 Å². The van der Waals surface area contributed by atoms with Gasteiger partial charge in [-0.2, -0.15) is 0 Å². The van der Waals surface area contributed by atoms with Gasteiger partial charge in [-0.25, -0.2) is 0 Å². The zero-order chi connectivity index (χ0) is 13.2. The van der Waals surface area contributed by atoms with E-state index < -0.39 is 0 Å². The van der Waals surface area contributed by atoms with E-state index in [0.29, 0.717) is 17.7 Å². The van der Waals surface area contributed by atoms with E-state index in [1.807, 2.05) is 11.3 Å². The fourth-order valence-corrected chi connectivity index (χ4v) is 4.63. The highest BCUT2D eigenvalue weighted by Crippen LogP contribution is 2.34. The van der Waals surface area contributed by atoms with Crippen molar-refractivity contribution in [3.05, 3.63) is 21.9 Å². The molecule has 2 atom stereocenters. The summed E-state index contributed by atoms with van der Waals surface area (Å²) >= 11 is 1.94. The van der Waals surface area contributed by atoms with Gasteiger partial charge >= 0.3 is 0 Å². The monoisotopic (exact) mass is 277 g/mol. The van der Waals surface area contributed by atoms with E-state index in [1.165, 1.54) is 29.1 Å². The number of aryl methyl sites for hydroxylation is 1. The maximum Gasteiger partial charge on any atom is 0.137 e. The SMILES string of the molecule is CCc1ccc(CN2CCCC2C2CCCC2=O)s1. The van der Waals surface area contributed by atoms with Crippen LogP contribution in [0, 0.1) is 5.92 Å². The number of ketones is 1. The van der Waals surface area contributed by atoms with Crippen LogP contribution in [0.3, 0.4) is 0 Å². The molecule has 2 heterocycles. The Morgan fingerprint density at radius 2 is 2.11 bits per heavy atom. The molecule has 1 aliphatic heterocycles. The first-order valence-electron chi connectivity index (χ1n) is 7.62. The standard InChI is InChI=1S/C16H23NOS/c1-2-12-8-9-13(19-12)11-17-10-4-6-15(17)14-5-3-7-16(14)18/h8-9,14-15H,2-7,10-11H2,1H3. The van der Waals surface area contributed by atoms with Crippen LogP contribution in [-0.4, -0.2) is 23.3 Å². The molecule has 1 saturated heterocycles. The molecule has 2 unspecified atom stereocenters. The molecule has 0 aromatic carbocycles. The largest absolute Gasteiger partial charge is 0.299 e. The van der Waals surface area contributed by atoms with Crippen molar-refractivity contribution in [3.63, 3.8) is 0 Å². The minimum atomic E-state index is 0.341. The molecular weight excluding hydrogens is 254 g/mol. The lowest BCUT2D eigenvalue weighted by atomic mass is 9.95. The summed E-state index contributed by atoms with van der Waals surface area (Å²) in [6.07, 6.45) is 6.70. The number of rotatable bonds is 4. The molecule has 1 saturated carbocycles. The van der Waals surface area contributed by atoms with E-state index in [1.54, 1.807) is 0 Å². The van der Waals surface area contributed by atoms with Crippen LogP contribution in [0.2, 0.25) is 0 Å². The summed E-state index contributed by atoms with van der Waals surface area (Å²) in [5, 5.41) is 0. The van der Waals surface area contributed by atoms with Gasteiger partial charge in [-0.1, -0.05) is 6.92 Å². The van der Waals surface area contributed by atoms with Crippen LogP contribution in [0.1, 0.15) is 48.8 Å². The Hall–Kier alpha value is -0.670. The van der Waals surface area contributed by atoms with Crippen LogP contribution in [0.5, 0.6) is 0 Å². The average Bonchev–Trinajstić information content (AvgIpc) is 3.10. The molecule has 3 heteroatoms. The number of likely N-dealkylation sites (tertiary alicyclic amines) is 1. The van der Waals surface area contributed by atoms with E-state index in [2.05, 4.69) is 24.0 Å². The van der Waals surface area contributed by atoms with Gasteiger partial charge in [0.25, 0.3) is 0 Å². The van der Waals surface area contributed by atoms with Crippen LogP contribution in [0.25, 0.3) is 0 Å². The molecule has 0 amide bonds. The third kappa shape index (κ3) is 2.77. The van der Waals surface area contributed by atoms with Crippen LogP contribution in [-0.2, 0) is 17.8 Å². The number of hydrogen-bond donors (Lipinski definition) is 0. The first-order chi connectivity index (χ1) is 9.28. The summed E-state index contributed by atoms with van der Waals surface area (Å²) in [6, 6.07) is 5.06. The molecule has 19 heavy (non-hydrogen) atoms. The van der Waals surface area contributed by atoms with Gasteiger partial charge in [0.2, 0.25) is 0 Å². The van der Waals surface area contributed by atoms with Gasteiger partial charge in [0, 0.05) is 34.7 Å². The highest BCUT2D eigenvalue weighted by Gasteiger charge is 2.37. The number of thiophene rings is 1. The summed E-state index contributed by atoms with van der Waals surface area (Å²) in [5.41, 5.74) is 0. The fourth-order valence-electron chi connectivity index (χ4n) is 3.65. The molecule has 0 bridgehead atoms. The van der Waals surface area contributed by atoms with Gasteiger partial charge in [0.1, 0.15) is 5.78 Å². The number of carbonyl (C=O) groups is 1. The number of carbonyl (C=O) groups excluding carboxylic acids is 1. The molecule has 1 aromatic rings. The first-order valence-corrected chi connectivity index (χ1v) is 8.44. The van der Waals surface area contributed by atoms with Gasteiger partial charge in [0.05, 0.1) is 0 Å². The number of hydrogen-bond acceptors (Lipinski definition) is 3. The quantitative estimate of drug-likeness (QED) is 0.837. The molecule has 2 aliphatic rings. The molecule has 0 N–H and O–H groups in total. The normalized spacial score (nSPS) is 28.4. The third-order valence-corrected chi connectivity index (χ3v) is 5.87. The Morgan fingerprint density at radius 1 is 1.26 bits per heavy atom. The topological polar surface area (TPSA) is 20.3 Å². The summed E-state index contributed by atoms with van der Waals surface area (Å²) in [5.74, 6) is 0.866. The second-order valence-corrected chi connectivity index (χ2v) is 7.12. The van der Waals surface area contributed by atoms with E-state index in [-0.39, 0.29) is 0 Å². The molecule has 104 valence electrons. The Balaban J connectivity index is 1.67. The first kappa shape index (κ1) is 13.3. The zero-order valence-corrected chi connectivity index (χ0v) is 12.5. The Bertz CT molecular complexity index is 453. The van der Waals surface area contributed by atoms with Crippen LogP contribution in [0.15, 0.2) is 12.1 Å². The van der Waals surface area contributed by atoms with Crippen LogP contribution in [0.4, 0.5) is 0 Å². The summed E-state index contributed by atoms with van der Waals surface area (Å²) in [6.45, 7) is 4.44. The summed E-state index contributed by atoms with van der Waals surface area (Å²) in [7, 11) is 0. The lowest BCUT2D eigenvalue weighted by molar-refractivity contribution is -0.122. The number of nitrogens with zero attached hydrogens (tertiary/aromatic N) is 1. The van der Waals surface area contributed by atoms with Gasteiger partial charge in [-0.15, -0.1) is 11.3 Å². The van der Waals surface area contributed by atoms with Crippen molar-refractivity contribution in [2.24, 2.45) is 5.92 Å². The van der Waals surface area contributed by atoms with E-state index in [9.17, 15) is 4.79 Å². The molecule has 2 fully saturated rings. The van der Waals surface area contributed by atoms with Crippen molar-refractivity contribution in [1.82, 2.24) is 4.90 Å². The van der Waals surface area contributed by atoms with Crippen molar-refractivity contribution in [2.75, 3.05) is 6.54 Å². The highest BCUT2D eigenvalue weighted by molar-refractivity contribution is 7.11. The molecule has 1 aromatic heterocycles. The minimum Gasteiger partial charge on any atom is -0.299 e. The summed E-state index contributed by atoms with van der Waals surface area (Å²) in [4.78, 5) is 17.5. The van der Waals surface area contributed by atoms with Crippen LogP contribution >= 0.6 is 11.3 Å². The zero-order valence-electron chi connectivity index (χ0n) is 11.7. The molecular formula is C16H23NOS. The highest BCUT2D eigenvalue weighted by atomic mass is 32.1. The third-order valence-electron chi connectivity index (χ3n) is 4.66. The van der Waals surface area contributed by atoms with E-state index in [0.717, 1.165) is 32.2 Å². The van der Waals surface area contributed by atoms with Crippen molar-refractivity contribution in [3.8, 4) is 0 Å². The smallest absolute Gasteiger partial charge is 0.137 e.